The normalized spacial score (nSPS) is 18.4. The average Bonchev–Trinajstić information content (AvgIpc) is 2.83. The summed E-state index contributed by atoms with van der Waals surface area (Å²) in [7, 11) is 0. The summed E-state index contributed by atoms with van der Waals surface area (Å²) in [6.07, 6.45) is 7.60. The lowest BCUT2D eigenvalue weighted by molar-refractivity contribution is 0.299. The molecule has 1 unspecified atom stereocenters. The van der Waals surface area contributed by atoms with Crippen LogP contribution in [0.15, 0.2) is 24.5 Å². The first kappa shape index (κ1) is 12.5. The van der Waals surface area contributed by atoms with E-state index in [1.165, 1.54) is 38.0 Å². The van der Waals surface area contributed by atoms with Gasteiger partial charge in [0.15, 0.2) is 0 Å². The Balaban J connectivity index is 1.61. The molecule has 1 aromatic heterocycles. The summed E-state index contributed by atoms with van der Waals surface area (Å²) in [5.74, 6) is 0. The summed E-state index contributed by atoms with van der Waals surface area (Å²) in [4.78, 5) is 6.69. The standard InChI is InChI=1S/C14H23N3/c1-13(12-17-9-2-3-10-17)16-8-6-14-5-4-7-15-11-14/h4-5,7,11,13,16H,2-3,6,8-10,12H2,1H3. The molecule has 1 fully saturated rings. The highest BCUT2D eigenvalue weighted by atomic mass is 15.2. The SMILES string of the molecule is CC(CN1CCCC1)NCCc1cccnc1. The van der Waals surface area contributed by atoms with Crippen molar-refractivity contribution in [2.45, 2.75) is 32.2 Å². The molecule has 1 N–H and O–H groups in total. The third kappa shape index (κ3) is 4.44. The van der Waals surface area contributed by atoms with E-state index in [0.29, 0.717) is 6.04 Å². The van der Waals surface area contributed by atoms with Gasteiger partial charge in [0.25, 0.3) is 0 Å². The summed E-state index contributed by atoms with van der Waals surface area (Å²) in [5.41, 5.74) is 1.31. The molecular formula is C14H23N3. The minimum atomic E-state index is 0.588. The topological polar surface area (TPSA) is 28.2 Å². The Morgan fingerprint density at radius 1 is 1.41 bits per heavy atom. The van der Waals surface area contributed by atoms with E-state index in [1.54, 1.807) is 0 Å². The zero-order valence-electron chi connectivity index (χ0n) is 10.7. The van der Waals surface area contributed by atoms with Crippen molar-refractivity contribution in [3.05, 3.63) is 30.1 Å². The number of nitrogens with one attached hydrogen (secondary N) is 1. The Morgan fingerprint density at radius 2 is 2.24 bits per heavy atom. The van der Waals surface area contributed by atoms with Crippen LogP contribution < -0.4 is 5.32 Å². The highest BCUT2D eigenvalue weighted by Gasteiger charge is 2.13. The van der Waals surface area contributed by atoms with Gasteiger partial charge in [0.05, 0.1) is 0 Å². The molecule has 0 radical (unpaired) electrons. The maximum Gasteiger partial charge on any atom is 0.0300 e. The number of aromatic nitrogens is 1. The van der Waals surface area contributed by atoms with Gasteiger partial charge in [-0.1, -0.05) is 6.07 Å². The lowest BCUT2D eigenvalue weighted by Crippen LogP contribution is -2.38. The van der Waals surface area contributed by atoms with Gasteiger partial charge < -0.3 is 10.2 Å². The second kappa shape index (κ2) is 6.72. The molecule has 2 heterocycles. The first-order chi connectivity index (χ1) is 8.34. The Labute approximate surface area is 104 Å². The predicted molar refractivity (Wildman–Crippen MR) is 71.1 cm³/mol. The molecule has 1 aliphatic heterocycles. The number of nitrogens with zero attached hydrogens (tertiary/aromatic N) is 2. The molecule has 1 atom stereocenters. The molecule has 0 amide bonds. The fraction of sp³-hybridized carbons (Fsp3) is 0.643. The number of hydrogen-bond acceptors (Lipinski definition) is 3. The molecule has 2 rings (SSSR count). The summed E-state index contributed by atoms with van der Waals surface area (Å²) < 4.78 is 0. The molecular weight excluding hydrogens is 210 g/mol. The van der Waals surface area contributed by atoms with E-state index in [1.807, 2.05) is 18.5 Å². The summed E-state index contributed by atoms with van der Waals surface area (Å²) in [6.45, 7) is 7.08. The van der Waals surface area contributed by atoms with Crippen molar-refractivity contribution in [2.24, 2.45) is 0 Å². The van der Waals surface area contributed by atoms with Crippen LogP contribution in [0.25, 0.3) is 0 Å². The maximum atomic E-state index is 4.13. The summed E-state index contributed by atoms with van der Waals surface area (Å²) in [6, 6.07) is 4.73. The van der Waals surface area contributed by atoms with E-state index in [-0.39, 0.29) is 0 Å². The Hall–Kier alpha value is -0.930. The van der Waals surface area contributed by atoms with E-state index in [9.17, 15) is 0 Å². The van der Waals surface area contributed by atoms with Crippen LogP contribution in [0.1, 0.15) is 25.3 Å². The van der Waals surface area contributed by atoms with Crippen molar-refractivity contribution in [3.8, 4) is 0 Å². The van der Waals surface area contributed by atoms with Crippen molar-refractivity contribution in [2.75, 3.05) is 26.2 Å². The average molecular weight is 233 g/mol. The van der Waals surface area contributed by atoms with Crippen LogP contribution in [-0.2, 0) is 6.42 Å². The van der Waals surface area contributed by atoms with Gasteiger partial charge in [0, 0.05) is 25.0 Å². The van der Waals surface area contributed by atoms with Crippen LogP contribution in [0.2, 0.25) is 0 Å². The van der Waals surface area contributed by atoms with Crippen molar-refractivity contribution < 1.29 is 0 Å². The van der Waals surface area contributed by atoms with Gasteiger partial charge in [0.1, 0.15) is 0 Å². The van der Waals surface area contributed by atoms with Gasteiger partial charge >= 0.3 is 0 Å². The molecule has 0 bridgehead atoms. The molecule has 17 heavy (non-hydrogen) atoms. The van der Waals surface area contributed by atoms with E-state index < -0.39 is 0 Å². The summed E-state index contributed by atoms with van der Waals surface area (Å²) in [5, 5.41) is 3.59. The van der Waals surface area contributed by atoms with E-state index in [2.05, 4.69) is 28.2 Å². The second-order valence-corrected chi connectivity index (χ2v) is 4.97. The van der Waals surface area contributed by atoms with Gasteiger partial charge in [-0.15, -0.1) is 0 Å². The van der Waals surface area contributed by atoms with Crippen LogP contribution in [0.3, 0.4) is 0 Å². The molecule has 0 aromatic carbocycles. The van der Waals surface area contributed by atoms with Crippen molar-refractivity contribution in [1.82, 2.24) is 15.2 Å². The number of pyridine rings is 1. The molecule has 3 heteroatoms. The molecule has 1 aliphatic rings. The van der Waals surface area contributed by atoms with Crippen LogP contribution in [-0.4, -0.2) is 42.1 Å². The number of hydrogen-bond donors (Lipinski definition) is 1. The lowest BCUT2D eigenvalue weighted by Gasteiger charge is -2.21. The Bertz CT molecular complexity index is 307. The van der Waals surface area contributed by atoms with Gasteiger partial charge in [-0.2, -0.15) is 0 Å². The van der Waals surface area contributed by atoms with Gasteiger partial charge in [0.2, 0.25) is 0 Å². The minimum absolute atomic E-state index is 0.588. The second-order valence-electron chi connectivity index (χ2n) is 4.97. The smallest absolute Gasteiger partial charge is 0.0300 e. The zero-order valence-corrected chi connectivity index (χ0v) is 10.7. The fourth-order valence-corrected chi connectivity index (χ4v) is 2.43. The maximum absolute atomic E-state index is 4.13. The zero-order chi connectivity index (χ0) is 11.9. The monoisotopic (exact) mass is 233 g/mol. The minimum Gasteiger partial charge on any atom is -0.313 e. The number of likely N-dealkylation sites (tertiary alicyclic amines) is 1. The van der Waals surface area contributed by atoms with Gasteiger partial charge in [-0.25, -0.2) is 0 Å². The first-order valence-corrected chi connectivity index (χ1v) is 6.69. The van der Waals surface area contributed by atoms with Crippen molar-refractivity contribution in [3.63, 3.8) is 0 Å². The van der Waals surface area contributed by atoms with Crippen LogP contribution in [0.5, 0.6) is 0 Å². The molecule has 1 aromatic rings. The molecule has 0 spiro atoms. The molecule has 0 saturated carbocycles. The van der Waals surface area contributed by atoms with Crippen LogP contribution in [0.4, 0.5) is 0 Å². The first-order valence-electron chi connectivity index (χ1n) is 6.69. The van der Waals surface area contributed by atoms with Gasteiger partial charge in [-0.05, 0) is 57.5 Å². The quantitative estimate of drug-likeness (QED) is 0.810. The van der Waals surface area contributed by atoms with Crippen LogP contribution >= 0.6 is 0 Å². The third-order valence-corrected chi connectivity index (χ3v) is 3.36. The number of rotatable bonds is 6. The third-order valence-electron chi connectivity index (χ3n) is 3.36. The molecule has 94 valence electrons. The molecule has 1 saturated heterocycles. The fourth-order valence-electron chi connectivity index (χ4n) is 2.43. The van der Waals surface area contributed by atoms with E-state index in [4.69, 9.17) is 0 Å². The predicted octanol–water partition coefficient (Wildman–Crippen LogP) is 1.70. The highest BCUT2D eigenvalue weighted by Crippen LogP contribution is 2.07. The lowest BCUT2D eigenvalue weighted by atomic mass is 10.2. The largest absolute Gasteiger partial charge is 0.313 e. The Kier molecular flexibility index (Phi) is 4.95. The van der Waals surface area contributed by atoms with Crippen molar-refractivity contribution in [1.29, 1.82) is 0 Å². The van der Waals surface area contributed by atoms with E-state index in [0.717, 1.165) is 13.0 Å². The van der Waals surface area contributed by atoms with E-state index >= 15 is 0 Å². The highest BCUT2D eigenvalue weighted by molar-refractivity contribution is 5.08. The Morgan fingerprint density at radius 3 is 2.94 bits per heavy atom. The molecule has 3 nitrogen and oxygen atoms in total. The summed E-state index contributed by atoms with van der Waals surface area (Å²) >= 11 is 0. The van der Waals surface area contributed by atoms with Gasteiger partial charge in [-0.3, -0.25) is 4.98 Å². The van der Waals surface area contributed by atoms with Crippen molar-refractivity contribution >= 4 is 0 Å². The van der Waals surface area contributed by atoms with Crippen LogP contribution in [0, 0.1) is 0 Å². The molecule has 0 aliphatic carbocycles.